The van der Waals surface area contributed by atoms with Crippen molar-refractivity contribution in [3.8, 4) is 0 Å². The van der Waals surface area contributed by atoms with Gasteiger partial charge in [-0.25, -0.2) is 4.39 Å². The predicted molar refractivity (Wildman–Crippen MR) is 81.6 cm³/mol. The number of hydrogen-bond acceptors (Lipinski definition) is 3. The van der Waals surface area contributed by atoms with Gasteiger partial charge in [0.15, 0.2) is 10.4 Å². The minimum atomic E-state index is -0.378. The highest BCUT2D eigenvalue weighted by Crippen LogP contribution is 2.13. The van der Waals surface area contributed by atoms with Crippen LogP contribution < -0.4 is 10.6 Å². The van der Waals surface area contributed by atoms with E-state index in [1.165, 1.54) is 18.2 Å². The highest BCUT2D eigenvalue weighted by Gasteiger charge is 2.10. The van der Waals surface area contributed by atoms with Crippen LogP contribution in [0.3, 0.4) is 0 Å². The Bertz CT molecular complexity index is 655. The van der Waals surface area contributed by atoms with Crippen LogP contribution in [-0.4, -0.2) is 18.4 Å². The van der Waals surface area contributed by atoms with Gasteiger partial charge in [-0.1, -0.05) is 12.1 Å². The summed E-state index contributed by atoms with van der Waals surface area (Å²) in [6, 6.07) is 9.03. The van der Waals surface area contributed by atoms with Gasteiger partial charge in [0.25, 0.3) is 5.91 Å². The van der Waals surface area contributed by atoms with Crippen LogP contribution in [-0.2, 0) is 11.3 Å². The van der Waals surface area contributed by atoms with Crippen LogP contribution in [0.5, 0.6) is 0 Å². The van der Waals surface area contributed by atoms with Crippen molar-refractivity contribution in [3.05, 3.63) is 58.2 Å². The number of halogens is 2. The Morgan fingerprint density at radius 1 is 1.09 bits per heavy atom. The van der Waals surface area contributed by atoms with Gasteiger partial charge in [-0.2, -0.15) is 0 Å². The average Bonchev–Trinajstić information content (AvgIpc) is 2.93. The molecule has 116 valence electrons. The van der Waals surface area contributed by atoms with Gasteiger partial charge in [-0.3, -0.25) is 9.59 Å². The molecule has 2 N–H and O–H groups in total. The van der Waals surface area contributed by atoms with Crippen LogP contribution in [0, 0.1) is 5.82 Å². The number of benzene rings is 1. The molecule has 2 rings (SSSR count). The number of rotatable bonds is 6. The number of furan rings is 1. The van der Waals surface area contributed by atoms with E-state index >= 15 is 0 Å². The predicted octanol–water partition coefficient (Wildman–Crippen LogP) is 2.62. The average molecular weight is 369 g/mol. The third-order valence-corrected chi connectivity index (χ3v) is 3.26. The lowest BCUT2D eigenvalue weighted by molar-refractivity contribution is -0.121. The highest BCUT2D eigenvalue weighted by atomic mass is 79.9. The molecule has 7 heteroatoms. The fourth-order valence-electron chi connectivity index (χ4n) is 1.70. The first-order valence-electron chi connectivity index (χ1n) is 6.59. The van der Waals surface area contributed by atoms with Gasteiger partial charge in [-0.15, -0.1) is 0 Å². The molecular formula is C15H14BrFN2O3. The maximum atomic E-state index is 12.7. The summed E-state index contributed by atoms with van der Waals surface area (Å²) in [4.78, 5) is 23.3. The Labute approximate surface area is 135 Å². The van der Waals surface area contributed by atoms with Crippen molar-refractivity contribution in [1.29, 1.82) is 0 Å². The topological polar surface area (TPSA) is 71.3 Å². The molecule has 1 heterocycles. The van der Waals surface area contributed by atoms with Crippen LogP contribution in [0.25, 0.3) is 0 Å². The first-order chi connectivity index (χ1) is 10.5. The van der Waals surface area contributed by atoms with Crippen LogP contribution >= 0.6 is 15.9 Å². The third-order valence-electron chi connectivity index (χ3n) is 2.84. The molecule has 0 saturated heterocycles. The third kappa shape index (κ3) is 5.00. The van der Waals surface area contributed by atoms with Gasteiger partial charge in [0.2, 0.25) is 5.91 Å². The number of hydrogen-bond donors (Lipinski definition) is 2. The van der Waals surface area contributed by atoms with E-state index in [0.29, 0.717) is 11.2 Å². The molecule has 2 aromatic rings. The first kappa shape index (κ1) is 16.2. The van der Waals surface area contributed by atoms with Crippen LogP contribution in [0.4, 0.5) is 4.39 Å². The standard InChI is InChI=1S/C15H14BrFN2O3/c16-13-6-5-12(22-13)15(21)18-8-7-14(20)19-9-10-1-3-11(17)4-2-10/h1-6H,7-9H2,(H,18,21)(H,19,20). The number of carbonyl (C=O) groups excluding carboxylic acids is 2. The van der Waals surface area contributed by atoms with Crippen LogP contribution in [0.1, 0.15) is 22.5 Å². The fraction of sp³-hybridized carbons (Fsp3) is 0.200. The Kier molecular flexibility index (Phi) is 5.71. The van der Waals surface area contributed by atoms with Crippen molar-refractivity contribution in [3.63, 3.8) is 0 Å². The van der Waals surface area contributed by atoms with Crippen molar-refractivity contribution in [2.75, 3.05) is 6.54 Å². The monoisotopic (exact) mass is 368 g/mol. The molecule has 0 saturated carbocycles. The second-order valence-electron chi connectivity index (χ2n) is 4.51. The van der Waals surface area contributed by atoms with Crippen LogP contribution in [0.15, 0.2) is 45.5 Å². The summed E-state index contributed by atoms with van der Waals surface area (Å²) in [6.07, 6.45) is 0.148. The zero-order chi connectivity index (χ0) is 15.9. The summed E-state index contributed by atoms with van der Waals surface area (Å²) in [6.45, 7) is 0.518. The lowest BCUT2D eigenvalue weighted by Gasteiger charge is -2.06. The van der Waals surface area contributed by atoms with Gasteiger partial charge in [0.1, 0.15) is 5.82 Å². The maximum Gasteiger partial charge on any atom is 0.287 e. The fourth-order valence-corrected chi connectivity index (χ4v) is 2.01. The summed E-state index contributed by atoms with van der Waals surface area (Å²) in [7, 11) is 0. The van der Waals surface area contributed by atoms with Gasteiger partial charge >= 0.3 is 0 Å². The molecule has 0 aliphatic carbocycles. The van der Waals surface area contributed by atoms with E-state index in [1.54, 1.807) is 18.2 Å². The summed E-state index contributed by atoms with van der Waals surface area (Å²) in [5.41, 5.74) is 0.805. The highest BCUT2D eigenvalue weighted by molar-refractivity contribution is 9.10. The van der Waals surface area contributed by atoms with Gasteiger partial charge in [0, 0.05) is 19.5 Å². The molecule has 22 heavy (non-hydrogen) atoms. The number of nitrogens with one attached hydrogen (secondary N) is 2. The maximum absolute atomic E-state index is 12.7. The van der Waals surface area contributed by atoms with E-state index < -0.39 is 0 Å². The lowest BCUT2D eigenvalue weighted by Crippen LogP contribution is -2.30. The van der Waals surface area contributed by atoms with Gasteiger partial charge in [0.05, 0.1) is 0 Å². The number of carbonyl (C=O) groups is 2. The molecule has 0 unspecified atom stereocenters. The van der Waals surface area contributed by atoms with Gasteiger partial charge in [-0.05, 0) is 45.8 Å². The molecule has 0 aliphatic rings. The van der Waals surface area contributed by atoms with E-state index in [0.717, 1.165) is 5.56 Å². The zero-order valence-electron chi connectivity index (χ0n) is 11.6. The second kappa shape index (κ2) is 7.74. The second-order valence-corrected chi connectivity index (χ2v) is 5.29. The molecule has 1 aromatic heterocycles. The normalized spacial score (nSPS) is 10.3. The van der Waals surface area contributed by atoms with E-state index in [1.807, 2.05) is 0 Å². The van der Waals surface area contributed by atoms with Gasteiger partial charge < -0.3 is 15.1 Å². The quantitative estimate of drug-likeness (QED) is 0.823. The summed E-state index contributed by atoms with van der Waals surface area (Å²) in [5, 5.41) is 5.28. The molecule has 5 nitrogen and oxygen atoms in total. The lowest BCUT2D eigenvalue weighted by atomic mass is 10.2. The Hall–Kier alpha value is -2.15. The summed E-state index contributed by atoms with van der Waals surface area (Å²) in [5.74, 6) is -0.719. The smallest absolute Gasteiger partial charge is 0.287 e. The van der Waals surface area contributed by atoms with E-state index in [4.69, 9.17) is 4.42 Å². The Morgan fingerprint density at radius 3 is 2.45 bits per heavy atom. The molecule has 0 aliphatic heterocycles. The minimum absolute atomic E-state index is 0.148. The molecule has 1 aromatic carbocycles. The zero-order valence-corrected chi connectivity index (χ0v) is 13.2. The molecule has 0 atom stereocenters. The molecule has 2 amide bonds. The van der Waals surface area contributed by atoms with E-state index in [2.05, 4.69) is 26.6 Å². The Morgan fingerprint density at radius 2 is 1.82 bits per heavy atom. The molecule has 0 bridgehead atoms. The van der Waals surface area contributed by atoms with Crippen LogP contribution in [0.2, 0.25) is 0 Å². The van der Waals surface area contributed by atoms with E-state index in [-0.39, 0.29) is 36.4 Å². The van der Waals surface area contributed by atoms with Crippen molar-refractivity contribution in [2.24, 2.45) is 0 Å². The Balaban J connectivity index is 1.67. The van der Waals surface area contributed by atoms with Crippen molar-refractivity contribution in [1.82, 2.24) is 10.6 Å². The SMILES string of the molecule is O=C(CCNC(=O)c1ccc(Br)o1)NCc1ccc(F)cc1. The molecular weight excluding hydrogens is 355 g/mol. The number of amides is 2. The van der Waals surface area contributed by atoms with Crippen molar-refractivity contribution >= 4 is 27.7 Å². The molecule has 0 fully saturated rings. The van der Waals surface area contributed by atoms with Crippen molar-refractivity contribution < 1.29 is 18.4 Å². The molecule has 0 radical (unpaired) electrons. The van der Waals surface area contributed by atoms with E-state index in [9.17, 15) is 14.0 Å². The van der Waals surface area contributed by atoms with Crippen molar-refractivity contribution in [2.45, 2.75) is 13.0 Å². The summed E-state index contributed by atoms with van der Waals surface area (Å²) < 4.78 is 18.3. The minimum Gasteiger partial charge on any atom is -0.444 e. The first-order valence-corrected chi connectivity index (χ1v) is 7.38. The summed E-state index contributed by atoms with van der Waals surface area (Å²) >= 11 is 3.10. The largest absolute Gasteiger partial charge is 0.444 e. The molecule has 0 spiro atoms.